The standard InChI is InChI=1S/C13H8ClN/c1-2-10-6-12(9-15-8-10)11-4-3-5-13(14)7-11/h1,3-9H. The molecule has 0 amide bonds. The highest BCUT2D eigenvalue weighted by Crippen LogP contribution is 2.22. The molecule has 1 nitrogen and oxygen atoms in total. The first-order chi connectivity index (χ1) is 7.29. The van der Waals surface area contributed by atoms with E-state index in [9.17, 15) is 0 Å². The van der Waals surface area contributed by atoms with E-state index in [1.165, 1.54) is 0 Å². The van der Waals surface area contributed by atoms with E-state index in [2.05, 4.69) is 10.9 Å². The van der Waals surface area contributed by atoms with Crippen LogP contribution in [0.2, 0.25) is 5.02 Å². The average Bonchev–Trinajstić information content (AvgIpc) is 2.29. The number of pyridine rings is 1. The Balaban J connectivity index is 2.50. The van der Waals surface area contributed by atoms with Crippen LogP contribution in [0.5, 0.6) is 0 Å². The Morgan fingerprint density at radius 3 is 2.73 bits per heavy atom. The molecule has 0 fully saturated rings. The van der Waals surface area contributed by atoms with Gasteiger partial charge in [0, 0.05) is 28.5 Å². The second-order valence-corrected chi connectivity index (χ2v) is 3.55. The molecule has 1 heterocycles. The lowest BCUT2D eigenvalue weighted by Gasteiger charge is -2.01. The fourth-order valence-corrected chi connectivity index (χ4v) is 1.54. The van der Waals surface area contributed by atoms with Gasteiger partial charge in [0.05, 0.1) is 0 Å². The Morgan fingerprint density at radius 2 is 2.00 bits per heavy atom. The highest BCUT2D eigenvalue weighted by molar-refractivity contribution is 6.30. The van der Waals surface area contributed by atoms with Crippen molar-refractivity contribution in [1.29, 1.82) is 0 Å². The van der Waals surface area contributed by atoms with Crippen LogP contribution < -0.4 is 0 Å². The van der Waals surface area contributed by atoms with Crippen LogP contribution in [0.3, 0.4) is 0 Å². The molecular formula is C13H8ClN. The Labute approximate surface area is 93.7 Å². The van der Waals surface area contributed by atoms with Crippen LogP contribution in [0, 0.1) is 12.3 Å². The third-order valence-corrected chi connectivity index (χ3v) is 2.30. The number of hydrogen-bond donors (Lipinski definition) is 0. The van der Waals surface area contributed by atoms with Gasteiger partial charge in [-0.3, -0.25) is 4.98 Å². The van der Waals surface area contributed by atoms with E-state index in [4.69, 9.17) is 18.0 Å². The molecule has 72 valence electrons. The summed E-state index contributed by atoms with van der Waals surface area (Å²) in [4.78, 5) is 4.08. The summed E-state index contributed by atoms with van der Waals surface area (Å²) in [7, 11) is 0. The van der Waals surface area contributed by atoms with Gasteiger partial charge in [-0.25, -0.2) is 0 Å². The molecule has 2 aromatic rings. The maximum Gasteiger partial charge on any atom is 0.0432 e. The summed E-state index contributed by atoms with van der Waals surface area (Å²) >= 11 is 5.91. The lowest BCUT2D eigenvalue weighted by Crippen LogP contribution is -1.82. The van der Waals surface area contributed by atoms with Gasteiger partial charge < -0.3 is 0 Å². The maximum absolute atomic E-state index is 5.91. The zero-order valence-electron chi connectivity index (χ0n) is 7.94. The molecule has 1 aromatic heterocycles. The minimum Gasteiger partial charge on any atom is -0.263 e. The van der Waals surface area contributed by atoms with Gasteiger partial charge >= 0.3 is 0 Å². The van der Waals surface area contributed by atoms with Gasteiger partial charge in [-0.05, 0) is 23.8 Å². The molecule has 0 radical (unpaired) electrons. The predicted octanol–water partition coefficient (Wildman–Crippen LogP) is 3.38. The molecule has 0 aliphatic heterocycles. The maximum atomic E-state index is 5.91. The zero-order chi connectivity index (χ0) is 10.7. The Bertz CT molecular complexity index is 526. The number of halogens is 1. The molecular weight excluding hydrogens is 206 g/mol. The number of nitrogens with zero attached hydrogens (tertiary/aromatic N) is 1. The number of aromatic nitrogens is 1. The van der Waals surface area contributed by atoms with Gasteiger partial charge in [0.15, 0.2) is 0 Å². The van der Waals surface area contributed by atoms with Crippen LogP contribution in [0.15, 0.2) is 42.7 Å². The van der Waals surface area contributed by atoms with Crippen LogP contribution in [-0.4, -0.2) is 4.98 Å². The highest BCUT2D eigenvalue weighted by atomic mass is 35.5. The Morgan fingerprint density at radius 1 is 1.13 bits per heavy atom. The van der Waals surface area contributed by atoms with E-state index in [0.717, 1.165) is 16.7 Å². The van der Waals surface area contributed by atoms with Crippen LogP contribution in [0.1, 0.15) is 5.56 Å². The van der Waals surface area contributed by atoms with Crippen molar-refractivity contribution >= 4 is 11.6 Å². The average molecular weight is 214 g/mol. The van der Waals surface area contributed by atoms with Crippen LogP contribution >= 0.6 is 11.6 Å². The first-order valence-electron chi connectivity index (χ1n) is 4.47. The van der Waals surface area contributed by atoms with E-state index < -0.39 is 0 Å². The molecule has 0 aliphatic rings. The first kappa shape index (κ1) is 9.76. The topological polar surface area (TPSA) is 12.9 Å². The van der Waals surface area contributed by atoms with Gasteiger partial charge in [-0.15, -0.1) is 6.42 Å². The Kier molecular flexibility index (Phi) is 2.71. The quantitative estimate of drug-likeness (QED) is 0.662. The number of rotatable bonds is 1. The molecule has 0 aliphatic carbocycles. The SMILES string of the molecule is C#Cc1cncc(-c2cccc(Cl)c2)c1. The number of benzene rings is 1. The van der Waals surface area contributed by atoms with Crippen molar-refractivity contribution in [3.63, 3.8) is 0 Å². The molecule has 0 N–H and O–H groups in total. The normalized spacial score (nSPS) is 9.60. The van der Waals surface area contributed by atoms with Gasteiger partial charge in [0.2, 0.25) is 0 Å². The fourth-order valence-electron chi connectivity index (χ4n) is 1.34. The molecule has 0 bridgehead atoms. The summed E-state index contributed by atoms with van der Waals surface area (Å²) in [6.07, 6.45) is 8.74. The Hall–Kier alpha value is -1.78. The molecule has 0 saturated heterocycles. The van der Waals surface area contributed by atoms with Crippen molar-refractivity contribution in [2.24, 2.45) is 0 Å². The lowest BCUT2D eigenvalue weighted by molar-refractivity contribution is 1.31. The summed E-state index contributed by atoms with van der Waals surface area (Å²) in [5.41, 5.74) is 2.77. The molecule has 0 unspecified atom stereocenters. The van der Waals surface area contributed by atoms with Crippen molar-refractivity contribution in [1.82, 2.24) is 4.98 Å². The van der Waals surface area contributed by atoms with Crippen molar-refractivity contribution in [3.8, 4) is 23.5 Å². The minimum absolute atomic E-state index is 0.707. The lowest BCUT2D eigenvalue weighted by atomic mass is 10.1. The van der Waals surface area contributed by atoms with E-state index in [0.29, 0.717) is 5.02 Å². The smallest absolute Gasteiger partial charge is 0.0432 e. The van der Waals surface area contributed by atoms with Gasteiger partial charge in [-0.1, -0.05) is 29.7 Å². The van der Waals surface area contributed by atoms with E-state index in [-0.39, 0.29) is 0 Å². The number of terminal acetylenes is 1. The third kappa shape index (κ3) is 2.18. The van der Waals surface area contributed by atoms with Crippen LogP contribution in [-0.2, 0) is 0 Å². The van der Waals surface area contributed by atoms with Crippen LogP contribution in [0.25, 0.3) is 11.1 Å². The summed E-state index contributed by atoms with van der Waals surface area (Å²) in [6, 6.07) is 9.52. The minimum atomic E-state index is 0.707. The molecule has 0 saturated carbocycles. The van der Waals surface area contributed by atoms with Crippen molar-refractivity contribution in [3.05, 3.63) is 53.3 Å². The predicted molar refractivity (Wildman–Crippen MR) is 62.6 cm³/mol. The summed E-state index contributed by atoms with van der Waals surface area (Å²) in [5.74, 6) is 2.56. The number of hydrogen-bond acceptors (Lipinski definition) is 1. The van der Waals surface area contributed by atoms with Gasteiger partial charge in [-0.2, -0.15) is 0 Å². The fraction of sp³-hybridized carbons (Fsp3) is 0. The molecule has 0 spiro atoms. The molecule has 1 aromatic carbocycles. The molecule has 0 atom stereocenters. The van der Waals surface area contributed by atoms with Crippen molar-refractivity contribution < 1.29 is 0 Å². The summed E-state index contributed by atoms with van der Waals surface area (Å²) < 4.78 is 0. The second kappa shape index (κ2) is 4.16. The zero-order valence-corrected chi connectivity index (χ0v) is 8.70. The van der Waals surface area contributed by atoms with E-state index in [1.54, 1.807) is 12.4 Å². The van der Waals surface area contributed by atoms with Crippen LogP contribution in [0.4, 0.5) is 0 Å². The van der Waals surface area contributed by atoms with E-state index in [1.807, 2.05) is 30.3 Å². The van der Waals surface area contributed by atoms with E-state index >= 15 is 0 Å². The molecule has 15 heavy (non-hydrogen) atoms. The van der Waals surface area contributed by atoms with Gasteiger partial charge in [0.1, 0.15) is 0 Å². The third-order valence-electron chi connectivity index (χ3n) is 2.06. The van der Waals surface area contributed by atoms with Crippen molar-refractivity contribution in [2.75, 3.05) is 0 Å². The molecule has 2 heteroatoms. The summed E-state index contributed by atoms with van der Waals surface area (Å²) in [6.45, 7) is 0. The largest absolute Gasteiger partial charge is 0.263 e. The first-order valence-corrected chi connectivity index (χ1v) is 4.85. The van der Waals surface area contributed by atoms with Crippen molar-refractivity contribution in [2.45, 2.75) is 0 Å². The monoisotopic (exact) mass is 213 g/mol. The van der Waals surface area contributed by atoms with Gasteiger partial charge in [0.25, 0.3) is 0 Å². The molecule has 2 rings (SSSR count). The second-order valence-electron chi connectivity index (χ2n) is 3.12. The highest BCUT2D eigenvalue weighted by Gasteiger charge is 1.99. The summed E-state index contributed by atoms with van der Waals surface area (Å²) in [5, 5.41) is 0.707.